The highest BCUT2D eigenvalue weighted by molar-refractivity contribution is 5.94. The second-order valence-electron chi connectivity index (χ2n) is 5.84. The van der Waals surface area contributed by atoms with Crippen LogP contribution in [0.15, 0.2) is 30.7 Å². The van der Waals surface area contributed by atoms with E-state index >= 15 is 0 Å². The zero-order chi connectivity index (χ0) is 16.9. The number of carbonyl (C=O) groups is 1. The van der Waals surface area contributed by atoms with Crippen molar-refractivity contribution in [2.45, 2.75) is 18.9 Å². The number of hydrogen-bond donors (Lipinski definition) is 1. The number of amides is 1. The van der Waals surface area contributed by atoms with Crippen LogP contribution in [0.5, 0.6) is 0 Å². The number of hydrogen-bond acceptors (Lipinski definition) is 5. The van der Waals surface area contributed by atoms with Gasteiger partial charge in [-0.15, -0.1) is 0 Å². The average Bonchev–Trinajstić information content (AvgIpc) is 3.06. The molecule has 7 heteroatoms. The summed E-state index contributed by atoms with van der Waals surface area (Å²) in [6.07, 6.45) is 6.81. The molecule has 1 N–H and O–H groups in total. The number of nitrogens with one attached hydrogen (secondary N) is 1. The van der Waals surface area contributed by atoms with E-state index in [0.717, 1.165) is 18.7 Å². The van der Waals surface area contributed by atoms with E-state index in [1.165, 1.54) is 12.3 Å². The standard InChI is InChI=1S/C17H19N5O2/c1-22-7-6-20-16(22)15(12-3-8-24-9-4-12)21-17(23)13-2-5-19-14(10-13)11-18/h2,5-7,10,12,15H,3-4,8-9H2,1H3,(H,21,23). The first-order chi connectivity index (χ1) is 11.7. The molecule has 1 atom stereocenters. The minimum Gasteiger partial charge on any atom is -0.381 e. The lowest BCUT2D eigenvalue weighted by Crippen LogP contribution is -2.37. The normalized spacial score (nSPS) is 16.3. The maximum absolute atomic E-state index is 12.7. The maximum Gasteiger partial charge on any atom is 0.252 e. The maximum atomic E-state index is 12.7. The second-order valence-corrected chi connectivity index (χ2v) is 5.84. The van der Waals surface area contributed by atoms with E-state index in [9.17, 15) is 4.79 Å². The largest absolute Gasteiger partial charge is 0.381 e. The third-order valence-corrected chi connectivity index (χ3v) is 4.30. The summed E-state index contributed by atoms with van der Waals surface area (Å²) in [6.45, 7) is 1.38. The van der Waals surface area contributed by atoms with Gasteiger partial charge in [0.1, 0.15) is 17.6 Å². The van der Waals surface area contributed by atoms with Crippen molar-refractivity contribution in [1.29, 1.82) is 5.26 Å². The SMILES string of the molecule is Cn1ccnc1C(NC(=O)c1ccnc(C#N)c1)C1CCOCC1. The lowest BCUT2D eigenvalue weighted by atomic mass is 9.90. The van der Waals surface area contributed by atoms with Crippen LogP contribution in [0, 0.1) is 17.2 Å². The molecule has 1 aliphatic heterocycles. The van der Waals surface area contributed by atoms with Crippen molar-refractivity contribution >= 4 is 5.91 Å². The lowest BCUT2D eigenvalue weighted by molar-refractivity contribution is 0.0499. The van der Waals surface area contributed by atoms with Crippen LogP contribution in [0.4, 0.5) is 0 Å². The van der Waals surface area contributed by atoms with E-state index in [0.29, 0.717) is 18.8 Å². The molecule has 24 heavy (non-hydrogen) atoms. The van der Waals surface area contributed by atoms with Gasteiger partial charge in [0.25, 0.3) is 5.91 Å². The summed E-state index contributed by atoms with van der Waals surface area (Å²) in [5.41, 5.74) is 0.648. The van der Waals surface area contributed by atoms with Crippen LogP contribution >= 0.6 is 0 Å². The van der Waals surface area contributed by atoms with Crippen LogP contribution in [-0.4, -0.2) is 33.7 Å². The van der Waals surface area contributed by atoms with Crippen LogP contribution in [0.2, 0.25) is 0 Å². The van der Waals surface area contributed by atoms with Gasteiger partial charge in [0.2, 0.25) is 0 Å². The fourth-order valence-corrected chi connectivity index (χ4v) is 2.98. The average molecular weight is 325 g/mol. The molecule has 0 spiro atoms. The van der Waals surface area contributed by atoms with Crippen LogP contribution in [-0.2, 0) is 11.8 Å². The molecule has 1 unspecified atom stereocenters. The van der Waals surface area contributed by atoms with Crippen molar-refractivity contribution in [2.24, 2.45) is 13.0 Å². The molecule has 124 valence electrons. The lowest BCUT2D eigenvalue weighted by Gasteiger charge is -2.30. The number of aromatic nitrogens is 3. The topological polar surface area (TPSA) is 92.8 Å². The Morgan fingerprint density at radius 1 is 1.42 bits per heavy atom. The first kappa shape index (κ1) is 16.1. The smallest absolute Gasteiger partial charge is 0.252 e. The summed E-state index contributed by atoms with van der Waals surface area (Å²) in [5.74, 6) is 0.860. The van der Waals surface area contributed by atoms with E-state index < -0.39 is 0 Å². The van der Waals surface area contributed by atoms with Crippen LogP contribution in [0.25, 0.3) is 0 Å². The molecule has 7 nitrogen and oxygen atoms in total. The molecule has 0 aromatic carbocycles. The highest BCUT2D eigenvalue weighted by Crippen LogP contribution is 2.29. The predicted molar refractivity (Wildman–Crippen MR) is 85.9 cm³/mol. The predicted octanol–water partition coefficient (Wildman–Crippen LogP) is 1.58. The zero-order valence-electron chi connectivity index (χ0n) is 13.5. The van der Waals surface area contributed by atoms with Gasteiger partial charge in [0.15, 0.2) is 0 Å². The monoisotopic (exact) mass is 325 g/mol. The van der Waals surface area contributed by atoms with Crippen LogP contribution in [0.3, 0.4) is 0 Å². The Labute approximate surface area is 140 Å². The number of ether oxygens (including phenoxy) is 1. The molecular weight excluding hydrogens is 306 g/mol. The van der Waals surface area contributed by atoms with Gasteiger partial charge in [-0.1, -0.05) is 0 Å². The van der Waals surface area contributed by atoms with Crippen molar-refractivity contribution < 1.29 is 9.53 Å². The molecule has 1 aliphatic rings. The number of pyridine rings is 1. The van der Waals surface area contributed by atoms with E-state index in [4.69, 9.17) is 10.00 Å². The number of nitrogens with zero attached hydrogens (tertiary/aromatic N) is 4. The van der Waals surface area contributed by atoms with Crippen molar-refractivity contribution in [3.8, 4) is 6.07 Å². The van der Waals surface area contributed by atoms with Crippen molar-refractivity contribution in [3.05, 3.63) is 47.8 Å². The molecule has 0 bridgehead atoms. The quantitative estimate of drug-likeness (QED) is 0.921. The Bertz CT molecular complexity index is 758. The summed E-state index contributed by atoms with van der Waals surface area (Å²) in [6, 6.07) is 4.86. The molecule has 0 saturated carbocycles. The molecule has 1 saturated heterocycles. The summed E-state index contributed by atoms with van der Waals surface area (Å²) in [4.78, 5) is 21.0. The number of rotatable bonds is 4. The second kappa shape index (κ2) is 7.23. The Kier molecular flexibility index (Phi) is 4.87. The zero-order valence-corrected chi connectivity index (χ0v) is 13.5. The van der Waals surface area contributed by atoms with Gasteiger partial charge in [-0.25, -0.2) is 9.97 Å². The van der Waals surface area contributed by atoms with Gasteiger partial charge in [0.05, 0.1) is 6.04 Å². The molecule has 1 amide bonds. The molecule has 1 fully saturated rings. The highest BCUT2D eigenvalue weighted by Gasteiger charge is 2.30. The minimum atomic E-state index is -0.228. The van der Waals surface area contributed by atoms with Crippen LogP contribution in [0.1, 0.15) is 40.8 Å². The summed E-state index contributed by atoms with van der Waals surface area (Å²) >= 11 is 0. The van der Waals surface area contributed by atoms with Gasteiger partial charge in [-0.05, 0) is 30.9 Å². The molecule has 0 radical (unpaired) electrons. The third kappa shape index (κ3) is 3.44. The van der Waals surface area contributed by atoms with Crippen molar-refractivity contribution in [1.82, 2.24) is 19.9 Å². The summed E-state index contributed by atoms with van der Waals surface area (Å²) in [5, 5.41) is 12.0. The van der Waals surface area contributed by atoms with E-state index in [-0.39, 0.29) is 23.6 Å². The number of imidazole rings is 1. The van der Waals surface area contributed by atoms with Crippen LogP contribution < -0.4 is 5.32 Å². The first-order valence-electron chi connectivity index (χ1n) is 7.91. The molecule has 2 aromatic heterocycles. The Morgan fingerprint density at radius 2 is 2.21 bits per heavy atom. The van der Waals surface area contributed by atoms with E-state index in [1.54, 1.807) is 12.3 Å². The fraction of sp³-hybridized carbons (Fsp3) is 0.412. The minimum absolute atomic E-state index is 0.194. The Hall–Kier alpha value is -2.72. The van der Waals surface area contributed by atoms with Gasteiger partial charge in [-0.3, -0.25) is 4.79 Å². The third-order valence-electron chi connectivity index (χ3n) is 4.30. The van der Waals surface area contributed by atoms with Gasteiger partial charge >= 0.3 is 0 Å². The van der Waals surface area contributed by atoms with E-state index in [1.807, 2.05) is 23.9 Å². The number of nitriles is 1. The number of aryl methyl sites for hydroxylation is 1. The van der Waals surface area contributed by atoms with Crippen molar-refractivity contribution in [2.75, 3.05) is 13.2 Å². The molecule has 3 rings (SSSR count). The van der Waals surface area contributed by atoms with Gasteiger partial charge in [-0.2, -0.15) is 5.26 Å². The highest BCUT2D eigenvalue weighted by atomic mass is 16.5. The molecule has 0 aliphatic carbocycles. The fourth-order valence-electron chi connectivity index (χ4n) is 2.98. The first-order valence-corrected chi connectivity index (χ1v) is 7.91. The summed E-state index contributed by atoms with van der Waals surface area (Å²) in [7, 11) is 1.92. The molecule has 2 aromatic rings. The molecule has 3 heterocycles. The Balaban J connectivity index is 1.84. The molecular formula is C17H19N5O2. The van der Waals surface area contributed by atoms with Gasteiger partial charge < -0.3 is 14.6 Å². The number of carbonyl (C=O) groups excluding carboxylic acids is 1. The van der Waals surface area contributed by atoms with Gasteiger partial charge in [0, 0.05) is 44.4 Å². The Morgan fingerprint density at radius 3 is 2.88 bits per heavy atom. The summed E-state index contributed by atoms with van der Waals surface area (Å²) < 4.78 is 7.36. The van der Waals surface area contributed by atoms with Crippen molar-refractivity contribution in [3.63, 3.8) is 0 Å². The van der Waals surface area contributed by atoms with E-state index in [2.05, 4.69) is 15.3 Å².